The van der Waals surface area contributed by atoms with Crippen LogP contribution in [0.4, 0.5) is 0 Å². The molecule has 0 aliphatic heterocycles. The molecule has 0 aromatic carbocycles. The van der Waals surface area contributed by atoms with E-state index in [9.17, 15) is 24.3 Å². The summed E-state index contributed by atoms with van der Waals surface area (Å²) in [7, 11) is 0. The first kappa shape index (κ1) is 30.8. The van der Waals surface area contributed by atoms with Crippen LogP contribution < -0.4 is 27.4 Å². The van der Waals surface area contributed by atoms with Crippen molar-refractivity contribution in [3.63, 3.8) is 0 Å². The largest absolute Gasteiger partial charge is 0.480 e. The predicted octanol–water partition coefficient (Wildman–Crippen LogP) is 0.730. The van der Waals surface area contributed by atoms with Crippen molar-refractivity contribution >= 4 is 23.7 Å². The van der Waals surface area contributed by atoms with Crippen molar-refractivity contribution in [2.45, 2.75) is 97.8 Å². The zero-order valence-corrected chi connectivity index (χ0v) is 21.0. The maximum absolute atomic E-state index is 13.2. The number of nitrogens with one attached hydrogen (secondary N) is 3. The van der Waals surface area contributed by atoms with Crippen LogP contribution in [0.5, 0.6) is 0 Å². The third kappa shape index (κ3) is 10.5. The van der Waals surface area contributed by atoms with Gasteiger partial charge in [0.1, 0.15) is 18.1 Å². The van der Waals surface area contributed by atoms with Crippen molar-refractivity contribution in [2.75, 3.05) is 6.54 Å². The Morgan fingerprint density at radius 3 is 1.64 bits per heavy atom. The fraction of sp³-hybridized carbons (Fsp3) is 0.826. The molecular formula is C23H45N5O5. The molecule has 6 unspecified atom stereocenters. The fourth-order valence-electron chi connectivity index (χ4n) is 3.21. The van der Waals surface area contributed by atoms with Gasteiger partial charge in [0, 0.05) is 0 Å². The van der Waals surface area contributed by atoms with E-state index < -0.39 is 47.9 Å². The molecule has 3 amide bonds. The van der Waals surface area contributed by atoms with E-state index >= 15 is 0 Å². The summed E-state index contributed by atoms with van der Waals surface area (Å²) < 4.78 is 0. The van der Waals surface area contributed by atoms with Crippen LogP contribution in [0.15, 0.2) is 0 Å². The third-order valence-corrected chi connectivity index (χ3v) is 6.17. The van der Waals surface area contributed by atoms with Crippen LogP contribution in [0.3, 0.4) is 0 Å². The number of carbonyl (C=O) groups excluding carboxylic acids is 3. The van der Waals surface area contributed by atoms with Gasteiger partial charge in [-0.25, -0.2) is 4.79 Å². The van der Waals surface area contributed by atoms with E-state index in [4.69, 9.17) is 11.5 Å². The number of carboxylic acids is 1. The van der Waals surface area contributed by atoms with Gasteiger partial charge in [-0.2, -0.15) is 0 Å². The van der Waals surface area contributed by atoms with Gasteiger partial charge >= 0.3 is 5.97 Å². The van der Waals surface area contributed by atoms with E-state index in [0.717, 1.165) is 0 Å². The second-order valence-corrected chi connectivity index (χ2v) is 9.20. The highest BCUT2D eigenvalue weighted by Gasteiger charge is 2.34. The third-order valence-electron chi connectivity index (χ3n) is 6.17. The zero-order valence-electron chi connectivity index (χ0n) is 21.0. The first-order valence-corrected chi connectivity index (χ1v) is 12.0. The molecule has 0 aromatic rings. The quantitative estimate of drug-likeness (QED) is 0.180. The van der Waals surface area contributed by atoms with Crippen molar-refractivity contribution in [3.05, 3.63) is 0 Å². The van der Waals surface area contributed by atoms with Gasteiger partial charge in [-0.05, 0) is 43.6 Å². The maximum Gasteiger partial charge on any atom is 0.326 e. The van der Waals surface area contributed by atoms with Crippen molar-refractivity contribution in [1.29, 1.82) is 0 Å². The van der Waals surface area contributed by atoms with Gasteiger partial charge in [0.25, 0.3) is 0 Å². The molecule has 0 aromatic heterocycles. The van der Waals surface area contributed by atoms with Crippen molar-refractivity contribution in [1.82, 2.24) is 16.0 Å². The molecule has 0 radical (unpaired) electrons. The van der Waals surface area contributed by atoms with E-state index in [0.29, 0.717) is 32.2 Å². The van der Waals surface area contributed by atoms with Crippen molar-refractivity contribution < 1.29 is 24.3 Å². The number of hydrogen-bond acceptors (Lipinski definition) is 6. The number of carboxylic acid groups (broad SMARTS) is 1. The lowest BCUT2D eigenvalue weighted by atomic mass is 9.94. The molecule has 0 saturated heterocycles. The summed E-state index contributed by atoms with van der Waals surface area (Å²) in [6, 6.07) is -3.64. The Hall–Kier alpha value is -2.20. The molecule has 0 aliphatic carbocycles. The monoisotopic (exact) mass is 471 g/mol. The topological polar surface area (TPSA) is 177 Å². The lowest BCUT2D eigenvalue weighted by molar-refractivity contribution is -0.143. The van der Waals surface area contributed by atoms with Crippen LogP contribution in [-0.2, 0) is 19.2 Å². The molecule has 8 N–H and O–H groups in total. The highest BCUT2D eigenvalue weighted by atomic mass is 16.4. The van der Waals surface area contributed by atoms with Crippen LogP contribution in [0, 0.1) is 17.8 Å². The van der Waals surface area contributed by atoms with Crippen molar-refractivity contribution in [2.24, 2.45) is 29.2 Å². The maximum atomic E-state index is 13.2. The fourth-order valence-corrected chi connectivity index (χ4v) is 3.21. The lowest BCUT2D eigenvalue weighted by Crippen LogP contribution is -2.60. The van der Waals surface area contributed by atoms with E-state index in [1.165, 1.54) is 0 Å². The molecule has 0 aliphatic rings. The average molecular weight is 472 g/mol. The smallest absolute Gasteiger partial charge is 0.326 e. The Kier molecular flexibility index (Phi) is 14.6. The minimum atomic E-state index is -1.14. The number of rotatable bonds is 16. The molecular weight excluding hydrogens is 426 g/mol. The summed E-state index contributed by atoms with van der Waals surface area (Å²) >= 11 is 0. The highest BCUT2D eigenvalue weighted by Crippen LogP contribution is 2.13. The summed E-state index contributed by atoms with van der Waals surface area (Å²) in [5, 5.41) is 17.5. The van der Waals surface area contributed by atoms with E-state index in [1.54, 1.807) is 6.92 Å². The Bertz CT molecular complexity index is 643. The number of hydrogen-bond donors (Lipinski definition) is 6. The van der Waals surface area contributed by atoms with E-state index in [1.807, 2.05) is 34.6 Å². The lowest BCUT2D eigenvalue weighted by Gasteiger charge is -2.30. The number of amides is 3. The summed E-state index contributed by atoms with van der Waals surface area (Å²) in [6.07, 6.45) is 2.67. The highest BCUT2D eigenvalue weighted by molar-refractivity contribution is 5.94. The van der Waals surface area contributed by atoms with Gasteiger partial charge in [0.2, 0.25) is 17.7 Å². The van der Waals surface area contributed by atoms with Crippen LogP contribution in [0.1, 0.15) is 73.6 Å². The first-order chi connectivity index (χ1) is 15.4. The van der Waals surface area contributed by atoms with Gasteiger partial charge in [-0.1, -0.05) is 54.4 Å². The molecule has 33 heavy (non-hydrogen) atoms. The Labute approximate surface area is 198 Å². The van der Waals surface area contributed by atoms with Gasteiger partial charge in [0.15, 0.2) is 0 Å². The summed E-state index contributed by atoms with van der Waals surface area (Å²) in [6.45, 7) is 11.5. The summed E-state index contributed by atoms with van der Waals surface area (Å²) in [5.74, 6) is -3.18. The normalized spacial score (nSPS) is 16.8. The minimum absolute atomic E-state index is 0.100. The molecule has 0 fully saturated rings. The Balaban J connectivity index is 5.56. The Morgan fingerprint density at radius 2 is 1.24 bits per heavy atom. The second kappa shape index (κ2) is 15.6. The Morgan fingerprint density at radius 1 is 0.788 bits per heavy atom. The summed E-state index contributed by atoms with van der Waals surface area (Å²) in [5.41, 5.74) is 11.4. The first-order valence-electron chi connectivity index (χ1n) is 12.0. The summed E-state index contributed by atoms with van der Waals surface area (Å²) in [4.78, 5) is 50.3. The standard InChI is InChI=1S/C23H45N5O5/c1-7-14(5)18(21(30)26-16(23(32)33)11-9-10-12-24)28-22(31)19(15(6)8-2)27-20(29)17(25)13(3)4/h13-19H,7-12,24-25H2,1-6H3,(H,26,30)(H,27,29)(H,28,31)(H,32,33). The van der Waals surface area contributed by atoms with Crippen molar-refractivity contribution in [3.8, 4) is 0 Å². The van der Waals surface area contributed by atoms with E-state index in [-0.39, 0.29) is 24.2 Å². The van der Waals surface area contributed by atoms with Crippen LogP contribution in [-0.4, -0.2) is 59.5 Å². The molecule has 0 rings (SSSR count). The number of carbonyl (C=O) groups is 4. The van der Waals surface area contributed by atoms with Gasteiger partial charge in [0.05, 0.1) is 6.04 Å². The molecule has 0 spiro atoms. The van der Waals surface area contributed by atoms with Gasteiger partial charge < -0.3 is 32.5 Å². The van der Waals surface area contributed by atoms with Crippen LogP contribution in [0.25, 0.3) is 0 Å². The number of unbranched alkanes of at least 4 members (excludes halogenated alkanes) is 1. The molecule has 192 valence electrons. The van der Waals surface area contributed by atoms with E-state index in [2.05, 4.69) is 16.0 Å². The molecule has 6 atom stereocenters. The molecule has 10 nitrogen and oxygen atoms in total. The molecule has 0 saturated carbocycles. The molecule has 0 bridgehead atoms. The number of aliphatic carboxylic acids is 1. The van der Waals surface area contributed by atoms with Gasteiger partial charge in [-0.3, -0.25) is 14.4 Å². The molecule has 0 heterocycles. The minimum Gasteiger partial charge on any atom is -0.480 e. The van der Waals surface area contributed by atoms with Gasteiger partial charge in [-0.15, -0.1) is 0 Å². The average Bonchev–Trinajstić information content (AvgIpc) is 2.77. The van der Waals surface area contributed by atoms with Crippen LogP contribution >= 0.6 is 0 Å². The predicted molar refractivity (Wildman–Crippen MR) is 128 cm³/mol. The second-order valence-electron chi connectivity index (χ2n) is 9.20. The SMILES string of the molecule is CCC(C)C(NC(=O)C(N)C(C)C)C(=O)NC(C(=O)NC(CCCCN)C(=O)O)C(C)CC. The zero-order chi connectivity index (χ0) is 25.7. The number of nitrogens with two attached hydrogens (primary N) is 2. The molecule has 10 heteroatoms. The van der Waals surface area contributed by atoms with Crippen LogP contribution in [0.2, 0.25) is 0 Å².